The largest absolute Gasteiger partial charge is 0.514 e. The molecule has 0 aromatic heterocycles. The topological polar surface area (TPSA) is 50.5 Å². The van der Waals surface area contributed by atoms with Crippen LogP contribution in [-0.4, -0.2) is 43.2 Å². The molecule has 94 valence electrons. The van der Waals surface area contributed by atoms with Crippen molar-refractivity contribution in [1.82, 2.24) is 4.90 Å². The summed E-state index contributed by atoms with van der Waals surface area (Å²) in [5.41, 5.74) is 2.21. The molecular weight excluding hydrogens is 226 g/mol. The lowest BCUT2D eigenvalue weighted by atomic mass is 10.1. The van der Waals surface area contributed by atoms with Crippen LogP contribution in [0.2, 0.25) is 0 Å². The molecule has 1 saturated heterocycles. The molecule has 0 unspecified atom stereocenters. The van der Waals surface area contributed by atoms with Crippen LogP contribution in [0.25, 0.3) is 5.57 Å². The van der Waals surface area contributed by atoms with E-state index in [0.717, 1.165) is 38.0 Å². The van der Waals surface area contributed by atoms with Gasteiger partial charge in [0.1, 0.15) is 6.07 Å². The van der Waals surface area contributed by atoms with Crippen molar-refractivity contribution < 1.29 is 5.11 Å². The molecule has 1 heterocycles. The third-order valence-electron chi connectivity index (χ3n) is 3.30. The molecule has 4 nitrogen and oxygen atoms in total. The second-order valence-electron chi connectivity index (χ2n) is 4.49. The van der Waals surface area contributed by atoms with E-state index in [9.17, 15) is 0 Å². The Bertz CT molecular complexity index is 465. The van der Waals surface area contributed by atoms with E-state index in [2.05, 4.69) is 16.8 Å². The molecule has 1 N–H and O–H groups in total. The molecular formula is C14H17N3O. The Hall–Kier alpha value is -1.99. The number of nitrogens with zero attached hydrogens (tertiary/aromatic N) is 3. The summed E-state index contributed by atoms with van der Waals surface area (Å²) in [6.07, 6.45) is 0.852. The minimum absolute atomic E-state index is 0.292. The Labute approximate surface area is 107 Å². The van der Waals surface area contributed by atoms with Crippen molar-refractivity contribution in [3.8, 4) is 6.07 Å². The highest BCUT2D eigenvalue weighted by molar-refractivity contribution is 5.76. The summed E-state index contributed by atoms with van der Waals surface area (Å²) in [6, 6.07) is 9.71. The van der Waals surface area contributed by atoms with E-state index in [1.165, 1.54) is 5.69 Å². The highest BCUT2D eigenvalue weighted by Crippen LogP contribution is 2.20. The maximum Gasteiger partial charge on any atom is 0.103 e. The highest BCUT2D eigenvalue weighted by atomic mass is 16.2. The molecule has 0 atom stereocenters. The summed E-state index contributed by atoms with van der Waals surface area (Å²) in [5, 5.41) is 17.8. The van der Waals surface area contributed by atoms with Crippen LogP contribution in [0, 0.1) is 11.3 Å². The van der Waals surface area contributed by atoms with Crippen LogP contribution in [0.1, 0.15) is 5.56 Å². The van der Waals surface area contributed by atoms with Crippen molar-refractivity contribution >= 4 is 11.3 Å². The van der Waals surface area contributed by atoms with E-state index < -0.39 is 0 Å². The molecule has 2 rings (SSSR count). The number of nitriles is 1. The van der Waals surface area contributed by atoms with Crippen LogP contribution in [-0.2, 0) is 0 Å². The van der Waals surface area contributed by atoms with Gasteiger partial charge < -0.3 is 14.9 Å². The number of allylic oxidation sites excluding steroid dienone is 1. The van der Waals surface area contributed by atoms with Crippen LogP contribution >= 0.6 is 0 Å². The van der Waals surface area contributed by atoms with Gasteiger partial charge in [0.25, 0.3) is 0 Å². The van der Waals surface area contributed by atoms with Gasteiger partial charge in [-0.1, -0.05) is 12.1 Å². The van der Waals surface area contributed by atoms with Gasteiger partial charge in [0.05, 0.1) is 11.8 Å². The number of aliphatic hydroxyl groups is 1. The lowest BCUT2D eigenvalue weighted by Gasteiger charge is -2.34. The van der Waals surface area contributed by atoms with Crippen LogP contribution < -0.4 is 4.90 Å². The maximum atomic E-state index is 8.93. The molecule has 0 saturated carbocycles. The van der Waals surface area contributed by atoms with E-state index in [0.29, 0.717) is 5.57 Å². The molecule has 1 aliphatic heterocycles. The van der Waals surface area contributed by atoms with E-state index in [1.54, 1.807) is 0 Å². The van der Waals surface area contributed by atoms with Crippen molar-refractivity contribution in [3.05, 3.63) is 36.1 Å². The fourth-order valence-electron chi connectivity index (χ4n) is 2.08. The highest BCUT2D eigenvalue weighted by Gasteiger charge is 2.14. The predicted molar refractivity (Wildman–Crippen MR) is 72.4 cm³/mol. The predicted octanol–water partition coefficient (Wildman–Crippen LogP) is 1.86. The SMILES string of the molecule is CN1CCN(c2ccc(/C(C#N)=C/O)cc2)CC1. The van der Waals surface area contributed by atoms with Crippen molar-refractivity contribution in [2.75, 3.05) is 38.1 Å². The summed E-state index contributed by atoms with van der Waals surface area (Å²) >= 11 is 0. The molecule has 1 aromatic carbocycles. The fourth-order valence-corrected chi connectivity index (χ4v) is 2.08. The van der Waals surface area contributed by atoms with Gasteiger partial charge in [-0.15, -0.1) is 0 Å². The zero-order valence-electron chi connectivity index (χ0n) is 10.5. The molecule has 18 heavy (non-hydrogen) atoms. The number of hydrogen-bond donors (Lipinski definition) is 1. The number of anilines is 1. The molecule has 0 aliphatic carbocycles. The van der Waals surface area contributed by atoms with Gasteiger partial charge in [-0.3, -0.25) is 0 Å². The molecule has 0 spiro atoms. The average molecular weight is 243 g/mol. The van der Waals surface area contributed by atoms with E-state index in [-0.39, 0.29) is 0 Å². The number of rotatable bonds is 2. The summed E-state index contributed by atoms with van der Waals surface area (Å²) in [6.45, 7) is 4.19. The van der Waals surface area contributed by atoms with Gasteiger partial charge in [0.2, 0.25) is 0 Å². The van der Waals surface area contributed by atoms with Crippen molar-refractivity contribution in [2.24, 2.45) is 0 Å². The van der Waals surface area contributed by atoms with Crippen molar-refractivity contribution in [2.45, 2.75) is 0 Å². The molecule has 1 aromatic rings. The Kier molecular flexibility index (Phi) is 3.85. The first-order chi connectivity index (χ1) is 8.74. The van der Waals surface area contributed by atoms with Gasteiger partial charge in [-0.05, 0) is 24.7 Å². The van der Waals surface area contributed by atoms with Crippen molar-refractivity contribution in [3.63, 3.8) is 0 Å². The Morgan fingerprint density at radius 1 is 1.22 bits per heavy atom. The van der Waals surface area contributed by atoms with Gasteiger partial charge in [-0.25, -0.2) is 0 Å². The molecule has 1 aliphatic rings. The quantitative estimate of drug-likeness (QED) is 0.636. The number of piperazine rings is 1. The second-order valence-corrected chi connectivity index (χ2v) is 4.49. The molecule has 4 heteroatoms. The fraction of sp³-hybridized carbons (Fsp3) is 0.357. The number of hydrogen-bond acceptors (Lipinski definition) is 4. The van der Waals surface area contributed by atoms with Crippen LogP contribution in [0.15, 0.2) is 30.5 Å². The summed E-state index contributed by atoms with van der Waals surface area (Å²) < 4.78 is 0. The summed E-state index contributed by atoms with van der Waals surface area (Å²) in [7, 11) is 2.13. The van der Waals surface area contributed by atoms with Crippen LogP contribution in [0.3, 0.4) is 0 Å². The Morgan fingerprint density at radius 2 is 1.83 bits per heavy atom. The number of likely N-dealkylation sites (N-methyl/N-ethyl adjacent to an activating group) is 1. The lowest BCUT2D eigenvalue weighted by Crippen LogP contribution is -2.44. The third-order valence-corrected chi connectivity index (χ3v) is 3.30. The van der Waals surface area contributed by atoms with Gasteiger partial charge in [0.15, 0.2) is 0 Å². The molecule has 1 fully saturated rings. The average Bonchev–Trinajstić information content (AvgIpc) is 2.42. The van der Waals surface area contributed by atoms with Gasteiger partial charge in [0, 0.05) is 31.9 Å². The maximum absolute atomic E-state index is 8.93. The first-order valence-corrected chi connectivity index (χ1v) is 6.03. The summed E-state index contributed by atoms with van der Waals surface area (Å²) in [5.74, 6) is 0. The van der Waals surface area contributed by atoms with E-state index >= 15 is 0 Å². The zero-order chi connectivity index (χ0) is 13.0. The smallest absolute Gasteiger partial charge is 0.103 e. The van der Waals surface area contributed by atoms with Crippen molar-refractivity contribution in [1.29, 1.82) is 5.26 Å². The van der Waals surface area contributed by atoms with Gasteiger partial charge >= 0.3 is 0 Å². The molecule has 0 bridgehead atoms. The molecule has 0 radical (unpaired) electrons. The molecule has 0 amide bonds. The normalized spacial score (nSPS) is 17.6. The van der Waals surface area contributed by atoms with Crippen LogP contribution in [0.4, 0.5) is 5.69 Å². The van der Waals surface area contributed by atoms with Gasteiger partial charge in [-0.2, -0.15) is 5.26 Å². The third kappa shape index (κ3) is 2.63. The van der Waals surface area contributed by atoms with E-state index in [4.69, 9.17) is 10.4 Å². The minimum Gasteiger partial charge on any atom is -0.514 e. The standard InChI is InChI=1S/C14H17N3O/c1-16-6-8-17(9-7-16)14-4-2-12(3-5-14)13(10-15)11-18/h2-5,11,18H,6-9H2,1H3/b13-11+. The number of aliphatic hydroxyl groups excluding tert-OH is 1. The first-order valence-electron chi connectivity index (χ1n) is 6.03. The zero-order valence-corrected chi connectivity index (χ0v) is 10.5. The summed E-state index contributed by atoms with van der Waals surface area (Å²) in [4.78, 5) is 4.64. The first kappa shape index (κ1) is 12.5. The lowest BCUT2D eigenvalue weighted by molar-refractivity contribution is 0.313. The second kappa shape index (κ2) is 5.56. The minimum atomic E-state index is 0.292. The number of benzene rings is 1. The van der Waals surface area contributed by atoms with Crippen LogP contribution in [0.5, 0.6) is 0 Å². The Balaban J connectivity index is 2.11. The monoisotopic (exact) mass is 243 g/mol. The van der Waals surface area contributed by atoms with E-state index in [1.807, 2.05) is 30.3 Å². The Morgan fingerprint density at radius 3 is 2.33 bits per heavy atom.